The number of nitrogens with two attached hydrogens (primary N) is 1. The van der Waals surface area contributed by atoms with Gasteiger partial charge in [-0.15, -0.1) is 0 Å². The van der Waals surface area contributed by atoms with Crippen molar-refractivity contribution in [2.24, 2.45) is 15.9 Å². The second kappa shape index (κ2) is 9.77. The van der Waals surface area contributed by atoms with E-state index in [1.165, 1.54) is 0 Å². The molecule has 12 heteroatoms. The van der Waals surface area contributed by atoms with E-state index in [0.29, 0.717) is 30.2 Å². The van der Waals surface area contributed by atoms with Crippen molar-refractivity contribution in [3.8, 4) is 11.1 Å². The molecule has 2 aliphatic heterocycles. The largest absolute Gasteiger partial charge is 0.465 e. The Morgan fingerprint density at radius 3 is 2.73 bits per heavy atom. The van der Waals surface area contributed by atoms with Gasteiger partial charge in [-0.1, -0.05) is 30.3 Å². The van der Waals surface area contributed by atoms with Gasteiger partial charge in [0.25, 0.3) is 0 Å². The number of likely N-dealkylation sites (N-methyl/N-ethyl adjacent to an activating group) is 1. The highest BCUT2D eigenvalue weighted by Gasteiger charge is 2.29. The third-order valence-electron chi connectivity index (χ3n) is 5.41. The number of halogens is 1. The number of likely N-dealkylation sites (tertiary alicyclic amines) is 1. The predicted octanol–water partition coefficient (Wildman–Crippen LogP) is 1.26. The third kappa shape index (κ3) is 5.34. The normalized spacial score (nSPS) is 16.7. The molecule has 0 atom stereocenters. The van der Waals surface area contributed by atoms with Crippen LogP contribution in [-0.4, -0.2) is 76.6 Å². The molecule has 0 saturated carbocycles. The summed E-state index contributed by atoms with van der Waals surface area (Å²) in [4.78, 5) is 32.9. The zero-order valence-corrected chi connectivity index (χ0v) is 18.1. The lowest BCUT2D eigenvalue weighted by Gasteiger charge is -2.37. The summed E-state index contributed by atoms with van der Waals surface area (Å²) in [6.45, 7) is 6.06. The summed E-state index contributed by atoms with van der Waals surface area (Å²) < 4.78 is 14.9. The maximum Gasteiger partial charge on any atom is 0.411 e. The SMILES string of the molecule is CCN1CC(ON=C2CN(c3ncc(-c4cccc(CN=C(N)NC(=O)O)c4F)cn3)C2)C1. The van der Waals surface area contributed by atoms with Gasteiger partial charge in [-0.2, -0.15) is 0 Å². The van der Waals surface area contributed by atoms with Crippen LogP contribution in [0, 0.1) is 5.82 Å². The Labute approximate surface area is 189 Å². The molecule has 1 aromatic heterocycles. The fraction of sp³-hybridized carbons (Fsp3) is 0.381. The first-order valence-corrected chi connectivity index (χ1v) is 10.5. The molecule has 1 aromatic carbocycles. The summed E-state index contributed by atoms with van der Waals surface area (Å²) in [7, 11) is 0. The number of rotatable bonds is 7. The first-order chi connectivity index (χ1) is 15.9. The molecule has 0 spiro atoms. The van der Waals surface area contributed by atoms with Gasteiger partial charge in [-0.05, 0) is 6.54 Å². The minimum Gasteiger partial charge on any atom is -0.465 e. The molecule has 0 aliphatic carbocycles. The van der Waals surface area contributed by atoms with Gasteiger partial charge in [0, 0.05) is 42.2 Å². The van der Waals surface area contributed by atoms with Crippen molar-refractivity contribution in [3.63, 3.8) is 0 Å². The van der Waals surface area contributed by atoms with Crippen LogP contribution in [-0.2, 0) is 11.4 Å². The number of benzene rings is 1. The molecule has 3 heterocycles. The van der Waals surface area contributed by atoms with Crippen LogP contribution in [0.15, 0.2) is 40.7 Å². The number of nitrogens with zero attached hydrogens (tertiary/aromatic N) is 6. The molecule has 4 rings (SSSR count). The number of oxime groups is 1. The number of hydrogen-bond donors (Lipinski definition) is 3. The predicted molar refractivity (Wildman–Crippen MR) is 121 cm³/mol. The number of aromatic nitrogens is 2. The summed E-state index contributed by atoms with van der Waals surface area (Å²) in [5, 5.41) is 14.8. The molecule has 2 fully saturated rings. The molecular weight excluding hydrogens is 431 g/mol. The average Bonchev–Trinajstić information content (AvgIpc) is 2.73. The summed E-state index contributed by atoms with van der Waals surface area (Å²) >= 11 is 0. The van der Waals surface area contributed by atoms with Crippen molar-refractivity contribution >= 4 is 23.7 Å². The summed E-state index contributed by atoms with van der Waals surface area (Å²) in [5.74, 6) is -0.264. The lowest BCUT2D eigenvalue weighted by molar-refractivity contribution is -0.0507. The van der Waals surface area contributed by atoms with Gasteiger partial charge in [0.1, 0.15) is 5.82 Å². The van der Waals surface area contributed by atoms with E-state index in [1.807, 2.05) is 10.2 Å². The van der Waals surface area contributed by atoms with Crippen molar-refractivity contribution in [2.75, 3.05) is 37.6 Å². The minimum atomic E-state index is -1.34. The Balaban J connectivity index is 1.34. The summed E-state index contributed by atoms with van der Waals surface area (Å²) in [6.07, 6.45) is 1.96. The summed E-state index contributed by atoms with van der Waals surface area (Å²) in [6, 6.07) is 4.85. The fourth-order valence-electron chi connectivity index (χ4n) is 3.46. The van der Waals surface area contributed by atoms with E-state index in [0.717, 1.165) is 25.3 Å². The highest BCUT2D eigenvalue weighted by atomic mass is 19.1. The van der Waals surface area contributed by atoms with Crippen LogP contribution >= 0.6 is 0 Å². The van der Waals surface area contributed by atoms with E-state index >= 15 is 0 Å². The van der Waals surface area contributed by atoms with Crippen LogP contribution in [0.1, 0.15) is 12.5 Å². The fourth-order valence-corrected chi connectivity index (χ4v) is 3.46. The van der Waals surface area contributed by atoms with Crippen LogP contribution in [0.2, 0.25) is 0 Å². The zero-order chi connectivity index (χ0) is 23.4. The molecule has 0 unspecified atom stereocenters. The Morgan fingerprint density at radius 1 is 1.33 bits per heavy atom. The average molecular weight is 456 g/mol. The Kier molecular flexibility index (Phi) is 6.63. The van der Waals surface area contributed by atoms with Crippen LogP contribution in [0.3, 0.4) is 0 Å². The molecule has 11 nitrogen and oxygen atoms in total. The molecule has 2 saturated heterocycles. The number of carboxylic acid groups (broad SMARTS) is 1. The van der Waals surface area contributed by atoms with E-state index < -0.39 is 11.9 Å². The second-order valence-electron chi connectivity index (χ2n) is 7.78. The Hall–Kier alpha value is -3.80. The second-order valence-corrected chi connectivity index (χ2v) is 7.78. The van der Waals surface area contributed by atoms with E-state index in [4.69, 9.17) is 15.7 Å². The lowest BCUT2D eigenvalue weighted by atomic mass is 10.0. The lowest BCUT2D eigenvalue weighted by Crippen LogP contribution is -2.52. The highest BCUT2D eigenvalue weighted by molar-refractivity contribution is 5.98. The smallest absolute Gasteiger partial charge is 0.411 e. The van der Waals surface area contributed by atoms with Crippen LogP contribution in [0.25, 0.3) is 11.1 Å². The standard InChI is InChI=1S/C21H25FN8O3/c1-2-29-11-16(12-29)33-28-15-9-30(10-15)20-25-7-14(8-26-20)17-5-3-4-13(18(17)22)6-24-19(23)27-21(31)32/h3-5,7-8,16H,2,6,9-12H2,1H3,(H,31,32)(H3,23,24,27). The maximum atomic E-state index is 14.9. The number of hydrogen-bond acceptors (Lipinski definition) is 8. The van der Waals surface area contributed by atoms with Gasteiger partial charge in [-0.25, -0.2) is 24.1 Å². The first kappa shape index (κ1) is 22.4. The van der Waals surface area contributed by atoms with Gasteiger partial charge in [-0.3, -0.25) is 10.2 Å². The van der Waals surface area contributed by atoms with Crippen molar-refractivity contribution < 1.29 is 19.1 Å². The maximum absolute atomic E-state index is 14.9. The molecule has 2 aromatic rings. The molecule has 0 radical (unpaired) electrons. The number of anilines is 1. The van der Waals surface area contributed by atoms with Crippen molar-refractivity contribution in [1.29, 1.82) is 0 Å². The first-order valence-electron chi connectivity index (χ1n) is 10.5. The highest BCUT2D eigenvalue weighted by Crippen LogP contribution is 2.26. The van der Waals surface area contributed by atoms with Gasteiger partial charge in [0.15, 0.2) is 12.1 Å². The van der Waals surface area contributed by atoms with Gasteiger partial charge >= 0.3 is 6.09 Å². The molecule has 2 aliphatic rings. The van der Waals surface area contributed by atoms with Crippen molar-refractivity contribution in [2.45, 2.75) is 19.6 Å². The zero-order valence-electron chi connectivity index (χ0n) is 18.1. The third-order valence-corrected chi connectivity index (χ3v) is 5.41. The number of amides is 1. The number of nitrogens with one attached hydrogen (secondary N) is 1. The molecule has 33 heavy (non-hydrogen) atoms. The van der Waals surface area contributed by atoms with Crippen molar-refractivity contribution in [1.82, 2.24) is 20.2 Å². The van der Waals surface area contributed by atoms with Crippen LogP contribution < -0.4 is 16.0 Å². The molecule has 0 bridgehead atoms. The molecule has 174 valence electrons. The van der Waals surface area contributed by atoms with E-state index in [9.17, 15) is 9.18 Å². The van der Waals surface area contributed by atoms with Gasteiger partial charge < -0.3 is 20.6 Å². The number of aliphatic imine (C=N–C) groups is 1. The van der Waals surface area contributed by atoms with Crippen LogP contribution in [0.5, 0.6) is 0 Å². The van der Waals surface area contributed by atoms with Gasteiger partial charge in [0.2, 0.25) is 5.95 Å². The summed E-state index contributed by atoms with van der Waals surface area (Å²) in [5.41, 5.74) is 7.48. The van der Waals surface area contributed by atoms with E-state index in [1.54, 1.807) is 30.6 Å². The van der Waals surface area contributed by atoms with Crippen LogP contribution in [0.4, 0.5) is 15.1 Å². The molecule has 4 N–H and O–H groups in total. The number of guanidine groups is 1. The quantitative estimate of drug-likeness (QED) is 0.321. The number of carbonyl (C=O) groups is 1. The molecule has 1 amide bonds. The Bertz CT molecular complexity index is 1060. The van der Waals surface area contributed by atoms with E-state index in [2.05, 4.69) is 31.9 Å². The van der Waals surface area contributed by atoms with Crippen molar-refractivity contribution in [3.05, 3.63) is 42.0 Å². The topological polar surface area (TPSA) is 142 Å². The monoisotopic (exact) mass is 456 g/mol. The van der Waals surface area contributed by atoms with E-state index in [-0.39, 0.29) is 24.2 Å². The molecular formula is C21H25FN8O3. The minimum absolute atomic E-state index is 0.111. The van der Waals surface area contributed by atoms with Gasteiger partial charge in [0.05, 0.1) is 25.3 Å². The Morgan fingerprint density at radius 2 is 2.06 bits per heavy atom.